The van der Waals surface area contributed by atoms with E-state index in [1.54, 1.807) is 13.0 Å². The molecule has 86 valence electrons. The lowest BCUT2D eigenvalue weighted by Gasteiger charge is -2.07. The van der Waals surface area contributed by atoms with Gasteiger partial charge in [0.1, 0.15) is 0 Å². The fourth-order valence-corrected chi connectivity index (χ4v) is 0.984. The topological polar surface area (TPSA) is 86.6 Å². The fraction of sp³-hybridized carbons (Fsp3) is 0.600. The molecule has 0 bridgehead atoms. The molecule has 0 saturated carbocycles. The lowest BCUT2D eigenvalue weighted by Crippen LogP contribution is -2.30. The molecule has 0 rings (SSSR count). The molecular formula is C10H17NO4. The third-order valence-corrected chi connectivity index (χ3v) is 1.86. The van der Waals surface area contributed by atoms with Crippen LogP contribution in [0.1, 0.15) is 26.7 Å². The van der Waals surface area contributed by atoms with Crippen LogP contribution in [0.4, 0.5) is 0 Å². The normalized spacial score (nSPS) is 13.4. The number of allylic oxidation sites excluding steroid dienone is 1. The number of rotatable bonds is 6. The van der Waals surface area contributed by atoms with E-state index in [1.165, 1.54) is 0 Å². The summed E-state index contributed by atoms with van der Waals surface area (Å²) in [7, 11) is 0. The molecule has 5 nitrogen and oxygen atoms in total. The molecule has 0 heterocycles. The van der Waals surface area contributed by atoms with E-state index in [-0.39, 0.29) is 18.9 Å². The van der Waals surface area contributed by atoms with Crippen molar-refractivity contribution in [2.75, 3.05) is 6.54 Å². The number of hydrogen-bond acceptors (Lipinski definition) is 3. The van der Waals surface area contributed by atoms with Gasteiger partial charge >= 0.3 is 5.97 Å². The fourth-order valence-electron chi connectivity index (χ4n) is 0.984. The summed E-state index contributed by atoms with van der Waals surface area (Å²) < 4.78 is 0. The number of amides is 1. The highest BCUT2D eigenvalue weighted by Gasteiger charge is 2.12. The highest BCUT2D eigenvalue weighted by molar-refractivity contribution is 5.92. The summed E-state index contributed by atoms with van der Waals surface area (Å²) in [4.78, 5) is 21.5. The van der Waals surface area contributed by atoms with Gasteiger partial charge < -0.3 is 15.5 Å². The van der Waals surface area contributed by atoms with Crippen LogP contribution in [0, 0.1) is 0 Å². The van der Waals surface area contributed by atoms with Crippen LogP contribution in [0.5, 0.6) is 0 Å². The SMILES string of the molecule is CC/C=C(/C)C(=O)NCCC(O)C(=O)O. The first-order valence-electron chi connectivity index (χ1n) is 4.84. The van der Waals surface area contributed by atoms with E-state index in [2.05, 4.69) is 5.32 Å². The molecular weight excluding hydrogens is 198 g/mol. The zero-order chi connectivity index (χ0) is 11.8. The molecule has 3 N–H and O–H groups in total. The van der Waals surface area contributed by atoms with Crippen molar-refractivity contribution in [2.24, 2.45) is 0 Å². The molecule has 0 aromatic carbocycles. The van der Waals surface area contributed by atoms with Gasteiger partial charge in [-0.1, -0.05) is 13.0 Å². The Bertz CT molecular complexity index is 260. The summed E-state index contributed by atoms with van der Waals surface area (Å²) in [6, 6.07) is 0. The first kappa shape index (κ1) is 13.6. The van der Waals surface area contributed by atoms with Gasteiger partial charge in [0.25, 0.3) is 0 Å². The van der Waals surface area contributed by atoms with Crippen LogP contribution in [0.25, 0.3) is 0 Å². The molecule has 0 aliphatic rings. The number of carboxylic acid groups (broad SMARTS) is 1. The van der Waals surface area contributed by atoms with Gasteiger partial charge in [0.2, 0.25) is 5.91 Å². The zero-order valence-electron chi connectivity index (χ0n) is 8.99. The van der Waals surface area contributed by atoms with E-state index in [4.69, 9.17) is 10.2 Å². The lowest BCUT2D eigenvalue weighted by atomic mass is 10.2. The number of aliphatic carboxylic acids is 1. The Balaban J connectivity index is 3.82. The van der Waals surface area contributed by atoms with Crippen molar-refractivity contribution < 1.29 is 19.8 Å². The zero-order valence-corrected chi connectivity index (χ0v) is 8.99. The van der Waals surface area contributed by atoms with Gasteiger partial charge in [-0.25, -0.2) is 4.79 Å². The van der Waals surface area contributed by atoms with Crippen LogP contribution in [0.3, 0.4) is 0 Å². The van der Waals surface area contributed by atoms with Crippen molar-refractivity contribution in [1.82, 2.24) is 5.32 Å². The minimum absolute atomic E-state index is 0.0144. The van der Waals surface area contributed by atoms with E-state index in [1.807, 2.05) is 6.92 Å². The van der Waals surface area contributed by atoms with Gasteiger partial charge in [0, 0.05) is 18.5 Å². The van der Waals surface area contributed by atoms with Crippen molar-refractivity contribution in [1.29, 1.82) is 0 Å². The molecule has 0 aliphatic carbocycles. The number of carbonyl (C=O) groups is 2. The van der Waals surface area contributed by atoms with Crippen molar-refractivity contribution in [3.63, 3.8) is 0 Å². The number of nitrogens with one attached hydrogen (secondary N) is 1. The van der Waals surface area contributed by atoms with Crippen LogP contribution in [-0.4, -0.2) is 34.7 Å². The Labute approximate surface area is 88.8 Å². The summed E-state index contributed by atoms with van der Waals surface area (Å²) in [5.41, 5.74) is 0.599. The van der Waals surface area contributed by atoms with Gasteiger partial charge in [-0.2, -0.15) is 0 Å². The number of aliphatic hydroxyl groups excluding tert-OH is 1. The maximum Gasteiger partial charge on any atom is 0.332 e. The molecule has 0 saturated heterocycles. The van der Waals surface area contributed by atoms with Gasteiger partial charge in [0.15, 0.2) is 6.10 Å². The van der Waals surface area contributed by atoms with Gasteiger partial charge in [0.05, 0.1) is 0 Å². The van der Waals surface area contributed by atoms with Crippen LogP contribution in [0.2, 0.25) is 0 Å². The standard InChI is InChI=1S/C10H17NO4/c1-3-4-7(2)9(13)11-6-5-8(12)10(14)15/h4,8,12H,3,5-6H2,1-2H3,(H,11,13)(H,14,15)/b7-4-. The predicted octanol–water partition coefficient (Wildman–Crippen LogP) is 0.295. The van der Waals surface area contributed by atoms with E-state index in [0.717, 1.165) is 6.42 Å². The third kappa shape index (κ3) is 5.85. The van der Waals surface area contributed by atoms with Gasteiger partial charge in [-0.05, 0) is 13.3 Å². The third-order valence-electron chi connectivity index (χ3n) is 1.86. The molecule has 0 aliphatic heterocycles. The Morgan fingerprint density at radius 2 is 2.07 bits per heavy atom. The molecule has 0 aromatic heterocycles. The summed E-state index contributed by atoms with van der Waals surface area (Å²) in [5.74, 6) is -1.50. The van der Waals surface area contributed by atoms with Crippen LogP contribution < -0.4 is 5.32 Å². The first-order valence-corrected chi connectivity index (χ1v) is 4.84. The highest BCUT2D eigenvalue weighted by atomic mass is 16.4. The molecule has 0 radical (unpaired) electrons. The molecule has 0 aromatic rings. The van der Waals surface area contributed by atoms with Crippen LogP contribution >= 0.6 is 0 Å². The summed E-state index contributed by atoms with van der Waals surface area (Å²) in [5, 5.41) is 19.8. The van der Waals surface area contributed by atoms with Gasteiger partial charge in [-0.15, -0.1) is 0 Å². The van der Waals surface area contributed by atoms with E-state index >= 15 is 0 Å². The predicted molar refractivity (Wildman–Crippen MR) is 55.3 cm³/mol. The largest absolute Gasteiger partial charge is 0.479 e. The average Bonchev–Trinajstić information content (AvgIpc) is 2.17. The van der Waals surface area contributed by atoms with Crippen LogP contribution in [0.15, 0.2) is 11.6 Å². The quantitative estimate of drug-likeness (QED) is 0.556. The van der Waals surface area contributed by atoms with E-state index in [0.29, 0.717) is 5.57 Å². The Kier molecular flexibility index (Phi) is 6.37. The molecule has 1 unspecified atom stereocenters. The van der Waals surface area contributed by atoms with E-state index in [9.17, 15) is 9.59 Å². The molecule has 1 atom stereocenters. The number of aliphatic hydroxyl groups is 1. The first-order chi connectivity index (χ1) is 6.99. The van der Waals surface area contributed by atoms with E-state index < -0.39 is 12.1 Å². The van der Waals surface area contributed by atoms with Crippen molar-refractivity contribution in [3.8, 4) is 0 Å². The second kappa shape index (κ2) is 7.00. The number of carbonyl (C=O) groups excluding carboxylic acids is 1. The number of carboxylic acids is 1. The molecule has 1 amide bonds. The monoisotopic (exact) mass is 215 g/mol. The lowest BCUT2D eigenvalue weighted by molar-refractivity contribution is -0.147. The smallest absolute Gasteiger partial charge is 0.332 e. The minimum Gasteiger partial charge on any atom is -0.479 e. The number of hydrogen-bond donors (Lipinski definition) is 3. The maximum absolute atomic E-state index is 11.3. The molecule has 15 heavy (non-hydrogen) atoms. The average molecular weight is 215 g/mol. The minimum atomic E-state index is -1.42. The van der Waals surface area contributed by atoms with Crippen molar-refractivity contribution in [2.45, 2.75) is 32.8 Å². The van der Waals surface area contributed by atoms with Crippen molar-refractivity contribution >= 4 is 11.9 Å². The molecule has 0 spiro atoms. The summed E-state index contributed by atoms with van der Waals surface area (Å²) >= 11 is 0. The Hall–Kier alpha value is -1.36. The van der Waals surface area contributed by atoms with Crippen LogP contribution in [-0.2, 0) is 9.59 Å². The molecule has 5 heteroatoms. The Morgan fingerprint density at radius 3 is 2.53 bits per heavy atom. The second-order valence-corrected chi connectivity index (χ2v) is 3.19. The maximum atomic E-state index is 11.3. The second-order valence-electron chi connectivity index (χ2n) is 3.19. The summed E-state index contributed by atoms with van der Waals surface area (Å²) in [6.07, 6.45) is 1.15. The van der Waals surface area contributed by atoms with Crippen molar-refractivity contribution in [3.05, 3.63) is 11.6 Å². The molecule has 0 fully saturated rings. The Morgan fingerprint density at radius 1 is 1.47 bits per heavy atom. The summed E-state index contributed by atoms with van der Waals surface area (Å²) in [6.45, 7) is 3.76. The van der Waals surface area contributed by atoms with Gasteiger partial charge in [-0.3, -0.25) is 4.79 Å². The highest BCUT2D eigenvalue weighted by Crippen LogP contribution is 1.95.